The summed E-state index contributed by atoms with van der Waals surface area (Å²) in [6.45, 7) is 6.59. The highest BCUT2D eigenvalue weighted by atomic mass is 16.3. The maximum Gasteiger partial charge on any atom is 0.125 e. The van der Waals surface area contributed by atoms with E-state index in [0.29, 0.717) is 0 Å². The van der Waals surface area contributed by atoms with E-state index in [4.69, 9.17) is 10.2 Å². The standard InChI is InChI=1S/C15H19NO/c1-15(2,3)12-8-5-4-7-11(12)14(16)13-9-6-10-17-13/h4-10,14H,16H2,1-3H3. The van der Waals surface area contributed by atoms with Crippen molar-refractivity contribution in [2.75, 3.05) is 0 Å². The van der Waals surface area contributed by atoms with Gasteiger partial charge in [0.1, 0.15) is 5.76 Å². The van der Waals surface area contributed by atoms with Gasteiger partial charge >= 0.3 is 0 Å². The lowest BCUT2D eigenvalue weighted by molar-refractivity contribution is 0.484. The van der Waals surface area contributed by atoms with Crippen molar-refractivity contribution in [1.82, 2.24) is 0 Å². The summed E-state index contributed by atoms with van der Waals surface area (Å²) >= 11 is 0. The van der Waals surface area contributed by atoms with E-state index < -0.39 is 0 Å². The maximum absolute atomic E-state index is 6.26. The van der Waals surface area contributed by atoms with Crippen LogP contribution >= 0.6 is 0 Å². The van der Waals surface area contributed by atoms with Crippen molar-refractivity contribution in [2.24, 2.45) is 5.73 Å². The van der Waals surface area contributed by atoms with Crippen LogP contribution in [0.15, 0.2) is 47.1 Å². The van der Waals surface area contributed by atoms with Crippen LogP contribution in [0.4, 0.5) is 0 Å². The number of furan rings is 1. The Morgan fingerprint density at radius 1 is 1.06 bits per heavy atom. The van der Waals surface area contributed by atoms with Gasteiger partial charge in [0.2, 0.25) is 0 Å². The topological polar surface area (TPSA) is 39.2 Å². The molecule has 2 heteroatoms. The zero-order chi connectivity index (χ0) is 12.5. The first-order valence-corrected chi connectivity index (χ1v) is 5.88. The molecule has 2 nitrogen and oxygen atoms in total. The van der Waals surface area contributed by atoms with Crippen LogP contribution in [-0.4, -0.2) is 0 Å². The first kappa shape index (κ1) is 11.9. The van der Waals surface area contributed by atoms with Gasteiger partial charge in [-0.3, -0.25) is 0 Å². The summed E-state index contributed by atoms with van der Waals surface area (Å²) < 4.78 is 5.39. The van der Waals surface area contributed by atoms with E-state index in [2.05, 4.69) is 39.0 Å². The van der Waals surface area contributed by atoms with Crippen LogP contribution in [-0.2, 0) is 5.41 Å². The molecule has 0 bridgehead atoms. The first-order chi connectivity index (χ1) is 8.00. The molecule has 17 heavy (non-hydrogen) atoms. The van der Waals surface area contributed by atoms with Crippen LogP contribution in [0.5, 0.6) is 0 Å². The normalized spacial score (nSPS) is 13.6. The quantitative estimate of drug-likeness (QED) is 0.854. The molecule has 0 saturated carbocycles. The van der Waals surface area contributed by atoms with Crippen LogP contribution in [0.1, 0.15) is 43.7 Å². The largest absolute Gasteiger partial charge is 0.467 e. The smallest absolute Gasteiger partial charge is 0.125 e. The molecular weight excluding hydrogens is 210 g/mol. The van der Waals surface area contributed by atoms with E-state index >= 15 is 0 Å². The van der Waals surface area contributed by atoms with Crippen LogP contribution in [0.3, 0.4) is 0 Å². The number of hydrogen-bond donors (Lipinski definition) is 1. The van der Waals surface area contributed by atoms with Gasteiger partial charge in [-0.05, 0) is 28.7 Å². The summed E-state index contributed by atoms with van der Waals surface area (Å²) in [6, 6.07) is 11.9. The van der Waals surface area contributed by atoms with Crippen molar-refractivity contribution in [3.05, 3.63) is 59.5 Å². The van der Waals surface area contributed by atoms with Crippen molar-refractivity contribution < 1.29 is 4.42 Å². The Kier molecular flexibility index (Phi) is 3.07. The molecule has 1 unspecified atom stereocenters. The van der Waals surface area contributed by atoms with E-state index in [1.807, 2.05) is 18.2 Å². The lowest BCUT2D eigenvalue weighted by atomic mass is 9.81. The van der Waals surface area contributed by atoms with Crippen molar-refractivity contribution in [1.29, 1.82) is 0 Å². The van der Waals surface area contributed by atoms with E-state index in [-0.39, 0.29) is 11.5 Å². The average molecular weight is 229 g/mol. The molecule has 0 spiro atoms. The molecule has 2 aromatic rings. The van der Waals surface area contributed by atoms with Gasteiger partial charge in [-0.1, -0.05) is 45.0 Å². The summed E-state index contributed by atoms with van der Waals surface area (Å²) in [6.07, 6.45) is 1.66. The average Bonchev–Trinajstić information content (AvgIpc) is 2.80. The molecule has 0 amide bonds. The SMILES string of the molecule is CC(C)(C)c1ccccc1C(N)c1ccco1. The minimum atomic E-state index is -0.194. The van der Waals surface area contributed by atoms with Crippen LogP contribution in [0, 0.1) is 0 Å². The monoisotopic (exact) mass is 229 g/mol. The molecule has 2 N–H and O–H groups in total. The molecule has 1 heterocycles. The van der Waals surface area contributed by atoms with Gasteiger partial charge in [-0.2, -0.15) is 0 Å². The highest BCUT2D eigenvalue weighted by Crippen LogP contribution is 2.31. The third-order valence-electron chi connectivity index (χ3n) is 2.95. The van der Waals surface area contributed by atoms with Crippen molar-refractivity contribution in [2.45, 2.75) is 32.2 Å². The Balaban J connectivity index is 2.46. The molecule has 0 radical (unpaired) electrons. The molecule has 2 rings (SSSR count). The third kappa shape index (κ3) is 2.42. The van der Waals surface area contributed by atoms with Gasteiger partial charge in [-0.25, -0.2) is 0 Å². The lowest BCUT2D eigenvalue weighted by Gasteiger charge is -2.25. The van der Waals surface area contributed by atoms with Gasteiger partial charge in [0.15, 0.2) is 0 Å². The fourth-order valence-electron chi connectivity index (χ4n) is 2.07. The first-order valence-electron chi connectivity index (χ1n) is 5.88. The predicted molar refractivity (Wildman–Crippen MR) is 69.9 cm³/mol. The molecule has 1 aromatic carbocycles. The third-order valence-corrected chi connectivity index (χ3v) is 2.95. The zero-order valence-corrected chi connectivity index (χ0v) is 10.6. The Hall–Kier alpha value is -1.54. The molecular formula is C15H19NO. The van der Waals surface area contributed by atoms with Gasteiger partial charge in [-0.15, -0.1) is 0 Å². The van der Waals surface area contributed by atoms with Crippen LogP contribution in [0.2, 0.25) is 0 Å². The summed E-state index contributed by atoms with van der Waals surface area (Å²) in [5.41, 5.74) is 8.75. The highest BCUT2D eigenvalue weighted by molar-refractivity contribution is 5.38. The Morgan fingerprint density at radius 3 is 2.35 bits per heavy atom. The second-order valence-electron chi connectivity index (χ2n) is 5.33. The molecule has 0 fully saturated rings. The Bertz CT molecular complexity index is 480. The summed E-state index contributed by atoms with van der Waals surface area (Å²) in [5, 5.41) is 0. The fourth-order valence-corrected chi connectivity index (χ4v) is 2.07. The second kappa shape index (κ2) is 4.38. The van der Waals surface area contributed by atoms with Crippen molar-refractivity contribution in [3.8, 4) is 0 Å². The van der Waals surface area contributed by atoms with Crippen LogP contribution in [0.25, 0.3) is 0 Å². The Labute approximate surface area is 102 Å². The molecule has 0 saturated heterocycles. The zero-order valence-electron chi connectivity index (χ0n) is 10.6. The van der Waals surface area contributed by atoms with E-state index in [9.17, 15) is 0 Å². The van der Waals surface area contributed by atoms with E-state index in [1.54, 1.807) is 6.26 Å². The molecule has 0 aliphatic rings. The summed E-state index contributed by atoms with van der Waals surface area (Å²) in [4.78, 5) is 0. The number of benzene rings is 1. The number of nitrogens with two attached hydrogens (primary N) is 1. The summed E-state index contributed by atoms with van der Waals surface area (Å²) in [5.74, 6) is 0.807. The highest BCUT2D eigenvalue weighted by Gasteiger charge is 2.22. The minimum Gasteiger partial charge on any atom is -0.467 e. The van der Waals surface area contributed by atoms with Crippen LogP contribution < -0.4 is 5.73 Å². The molecule has 90 valence electrons. The maximum atomic E-state index is 6.26. The molecule has 1 atom stereocenters. The second-order valence-corrected chi connectivity index (χ2v) is 5.33. The molecule has 0 aliphatic heterocycles. The van der Waals surface area contributed by atoms with Crippen molar-refractivity contribution >= 4 is 0 Å². The minimum absolute atomic E-state index is 0.0841. The van der Waals surface area contributed by atoms with Gasteiger partial charge < -0.3 is 10.2 Å². The van der Waals surface area contributed by atoms with Gasteiger partial charge in [0.05, 0.1) is 12.3 Å². The molecule has 1 aromatic heterocycles. The Morgan fingerprint density at radius 2 is 1.76 bits per heavy atom. The van der Waals surface area contributed by atoms with Gasteiger partial charge in [0, 0.05) is 0 Å². The van der Waals surface area contributed by atoms with Gasteiger partial charge in [0.25, 0.3) is 0 Å². The van der Waals surface area contributed by atoms with Crippen molar-refractivity contribution in [3.63, 3.8) is 0 Å². The van der Waals surface area contributed by atoms with E-state index in [1.165, 1.54) is 5.56 Å². The fraction of sp³-hybridized carbons (Fsp3) is 0.333. The summed E-state index contributed by atoms with van der Waals surface area (Å²) in [7, 11) is 0. The van der Waals surface area contributed by atoms with E-state index in [0.717, 1.165) is 11.3 Å². The lowest BCUT2D eigenvalue weighted by Crippen LogP contribution is -2.20. The molecule has 0 aliphatic carbocycles. The number of rotatable bonds is 2. The number of hydrogen-bond acceptors (Lipinski definition) is 2. The predicted octanol–water partition coefficient (Wildman–Crippen LogP) is 3.63.